The first kappa shape index (κ1) is 82.3. The van der Waals surface area contributed by atoms with Crippen molar-refractivity contribution in [2.45, 2.75) is 125 Å². The van der Waals surface area contributed by atoms with Crippen LogP contribution < -0.4 is 0 Å². The van der Waals surface area contributed by atoms with Crippen LogP contribution in [0.3, 0.4) is 0 Å². The van der Waals surface area contributed by atoms with E-state index in [2.05, 4.69) is 0 Å². The molecule has 0 fully saturated rings. The molecule has 0 aliphatic heterocycles. The fourth-order valence-electron chi connectivity index (χ4n) is 8.82. The van der Waals surface area contributed by atoms with E-state index in [0.29, 0.717) is 154 Å². The van der Waals surface area contributed by atoms with E-state index in [9.17, 15) is 5.11 Å². The topological polar surface area (TPSA) is 251 Å². The lowest BCUT2D eigenvalue weighted by atomic mass is 10.1. The number of rotatable bonds is 63. The Bertz CT molecular complexity index is 1270. The van der Waals surface area contributed by atoms with E-state index in [1.165, 1.54) is 0 Å². The van der Waals surface area contributed by atoms with Crippen LogP contribution in [-0.4, -0.2) is 288 Å². The Morgan fingerprint density at radius 2 is 0.463 bits per heavy atom. The number of aliphatic hydroxyl groups is 1. The van der Waals surface area contributed by atoms with Gasteiger partial charge >= 0.3 is 52.6 Å². The molecule has 0 heterocycles. The van der Waals surface area contributed by atoms with Gasteiger partial charge in [0.25, 0.3) is 0 Å². The van der Waals surface area contributed by atoms with Crippen LogP contribution in [0.5, 0.6) is 0 Å². The molecule has 0 amide bonds. The van der Waals surface area contributed by atoms with Gasteiger partial charge in [0.2, 0.25) is 0 Å². The van der Waals surface area contributed by atoms with Gasteiger partial charge in [-0.05, 0) is 57.4 Å². The van der Waals surface area contributed by atoms with Gasteiger partial charge in [-0.2, -0.15) is 0 Å². The maximum absolute atomic E-state index is 10.1. The van der Waals surface area contributed by atoms with Crippen LogP contribution in [0, 0.1) is 0 Å². The Kier molecular flexibility index (Phi) is 50.2. The van der Waals surface area contributed by atoms with Crippen molar-refractivity contribution in [3.05, 3.63) is 0 Å². The van der Waals surface area contributed by atoms with E-state index in [4.69, 9.17) is 113 Å². The summed E-state index contributed by atoms with van der Waals surface area (Å²) in [5, 5.41) is 10.1. The van der Waals surface area contributed by atoms with Crippen molar-refractivity contribution < 1.29 is 118 Å². The molecule has 0 saturated heterocycles. The predicted octanol–water partition coefficient (Wildman–Crippen LogP) is 5.15. The van der Waals surface area contributed by atoms with Crippen LogP contribution in [0.2, 0.25) is 36.3 Å². The number of ether oxygens (including phenoxy) is 8. The quantitative estimate of drug-likeness (QED) is 0.0610. The Morgan fingerprint density at radius 1 is 0.244 bits per heavy atom. The zero-order valence-electron chi connectivity index (χ0n) is 53.5. The van der Waals surface area contributed by atoms with Crippen LogP contribution >= 0.6 is 0 Å². The monoisotopic (exact) mass is 1300 g/mol. The van der Waals surface area contributed by atoms with E-state index in [1.54, 1.807) is 121 Å². The molecule has 4 unspecified atom stereocenters. The number of hydrogen-bond acceptors (Lipinski definition) is 26. The fraction of sp³-hybridized carbons (Fsp3) is 1.00. The summed E-state index contributed by atoms with van der Waals surface area (Å²) in [6, 6.07) is 3.52. The summed E-state index contributed by atoms with van der Waals surface area (Å²) >= 11 is 0. The Balaban J connectivity index is 6.27. The van der Waals surface area contributed by atoms with Crippen LogP contribution in [0.1, 0.15) is 64.2 Å². The van der Waals surface area contributed by atoms with Crippen molar-refractivity contribution in [2.24, 2.45) is 0 Å². The van der Waals surface area contributed by atoms with Gasteiger partial charge in [-0.15, -0.1) is 0 Å². The second kappa shape index (κ2) is 50.1. The average Bonchev–Trinajstić information content (AvgIpc) is 3.52. The summed E-state index contributed by atoms with van der Waals surface area (Å²) in [6.07, 6.45) is 5.57. The minimum Gasteiger partial charge on any atom is -0.396 e. The summed E-state index contributed by atoms with van der Waals surface area (Å²) < 4.78 is 146. The molecule has 0 aromatic carbocycles. The highest BCUT2D eigenvalue weighted by Gasteiger charge is 2.41. The first-order chi connectivity index (χ1) is 39.6. The maximum atomic E-state index is 10.1. The summed E-state index contributed by atoms with van der Waals surface area (Å²) in [4.78, 5) is 0. The molecule has 0 bridgehead atoms. The number of hydrogen-bond donors (Lipinski definition) is 1. The van der Waals surface area contributed by atoms with Crippen LogP contribution in [0.4, 0.5) is 0 Å². The van der Waals surface area contributed by atoms with Gasteiger partial charge in [-0.3, -0.25) is 0 Å². The van der Waals surface area contributed by atoms with E-state index >= 15 is 0 Å². The second-order valence-electron chi connectivity index (χ2n) is 19.1. The van der Waals surface area contributed by atoms with Crippen LogP contribution in [0.25, 0.3) is 0 Å². The third-order valence-corrected chi connectivity index (χ3v) is 31.6. The van der Waals surface area contributed by atoms with Crippen molar-refractivity contribution in [3.8, 4) is 0 Å². The van der Waals surface area contributed by atoms with Crippen molar-refractivity contribution in [3.63, 3.8) is 0 Å². The summed E-state index contributed by atoms with van der Waals surface area (Å²) in [7, 11) is 10.5. The van der Waals surface area contributed by atoms with Gasteiger partial charge < -0.3 is 118 Å². The van der Waals surface area contributed by atoms with Gasteiger partial charge in [0.05, 0.1) is 58.1 Å². The van der Waals surface area contributed by atoms with E-state index in [-0.39, 0.29) is 43.9 Å². The summed E-state index contributed by atoms with van der Waals surface area (Å²) in [5.74, 6) is 0. The highest BCUT2D eigenvalue weighted by Crippen LogP contribution is 2.22. The highest BCUT2D eigenvalue weighted by atomic mass is 28.4. The minimum atomic E-state index is -2.81. The normalized spacial score (nSPS) is 14.7. The van der Waals surface area contributed by atoms with E-state index in [0.717, 1.165) is 12.8 Å². The Hall–Kier alpha value is 0.261. The van der Waals surface area contributed by atoms with Gasteiger partial charge in [0.1, 0.15) is 12.2 Å². The lowest BCUT2D eigenvalue weighted by Gasteiger charge is -2.26. The van der Waals surface area contributed by atoms with Gasteiger partial charge in [-0.25, -0.2) is 0 Å². The smallest absolute Gasteiger partial charge is 0.396 e. The van der Waals surface area contributed by atoms with Crippen molar-refractivity contribution >= 4 is 52.6 Å². The number of unbranched alkanes of at least 4 members (excludes halogenated alkanes) is 1. The molecule has 4 atom stereocenters. The molecule has 0 aliphatic rings. The molecular weight excluding hydrogens is 1190 g/mol. The summed E-state index contributed by atoms with van der Waals surface area (Å²) in [6.45, 7) is 4.35. The SMILES string of the molecule is CO[Si](CO)(CCCOC(CCCCC(COCC(COCCC[Si](OC)(OC)OC)OCCC[Si](OC)(OC)OC)OCCC[Si](OC)(OC)OC)COCC(COCCC[Si](OC)(OC)OC)OCCC[Si](OC)(OC)OC)OC. The summed E-state index contributed by atoms with van der Waals surface area (Å²) in [5.41, 5.74) is 0. The molecule has 26 nitrogen and oxygen atoms in total. The molecule has 0 aromatic rings. The fourth-order valence-corrected chi connectivity index (χ4v) is 18.9. The van der Waals surface area contributed by atoms with E-state index in [1.807, 2.05) is 0 Å². The molecule has 82 heavy (non-hydrogen) atoms. The molecule has 494 valence electrons. The standard InChI is InChI=1S/C50H114O26Si6/c1-52-77(46-51,53-2)34-22-30-73-47(40-71-44-49(75-32-24-38-81(63-12,64-13)65-14)42-69-28-20-35-78(54-3,55-4)56-5)26-18-19-27-48(74-31-23-37-80(60-9,61-10)62-11)41-72-45-50(76-33-25-39-82(66-15,67-16)68-17)43-70-29-21-36-79(57-6,58-7)59-8/h47-51H,18-46H2,1-17H3. The van der Waals surface area contributed by atoms with Crippen molar-refractivity contribution in [1.29, 1.82) is 0 Å². The lowest BCUT2D eigenvalue weighted by Crippen LogP contribution is -2.44. The highest BCUT2D eigenvalue weighted by molar-refractivity contribution is 6.67. The molecule has 0 saturated carbocycles. The molecule has 0 aliphatic carbocycles. The van der Waals surface area contributed by atoms with Crippen molar-refractivity contribution in [1.82, 2.24) is 0 Å². The van der Waals surface area contributed by atoms with E-state index < -0.39 is 52.6 Å². The molecule has 0 radical (unpaired) electrons. The maximum Gasteiger partial charge on any atom is 0.500 e. The molecular formula is C50H114O26Si6. The molecule has 0 spiro atoms. The van der Waals surface area contributed by atoms with Gasteiger partial charge in [-0.1, -0.05) is 12.8 Å². The minimum absolute atomic E-state index is 0.153. The zero-order valence-corrected chi connectivity index (χ0v) is 59.5. The van der Waals surface area contributed by atoms with Crippen LogP contribution in [-0.2, 0) is 113 Å². The third-order valence-electron chi connectivity index (χ3n) is 14.3. The first-order valence-electron chi connectivity index (χ1n) is 28.4. The predicted molar refractivity (Wildman–Crippen MR) is 318 cm³/mol. The zero-order chi connectivity index (χ0) is 61.5. The lowest BCUT2D eigenvalue weighted by molar-refractivity contribution is -0.0848. The Labute approximate surface area is 500 Å². The molecule has 32 heteroatoms. The molecule has 1 N–H and O–H groups in total. The average molecular weight is 1300 g/mol. The Morgan fingerprint density at radius 3 is 0.707 bits per heavy atom. The van der Waals surface area contributed by atoms with Crippen molar-refractivity contribution in [2.75, 3.05) is 206 Å². The van der Waals surface area contributed by atoms with Crippen LogP contribution in [0.15, 0.2) is 0 Å². The molecule has 0 rings (SSSR count). The third kappa shape index (κ3) is 33.2. The first-order valence-corrected chi connectivity index (χ1v) is 40.3. The molecule has 0 aromatic heterocycles. The van der Waals surface area contributed by atoms with Gasteiger partial charge in [0, 0.05) is 191 Å². The second-order valence-corrected chi connectivity index (χ2v) is 38.0. The largest absolute Gasteiger partial charge is 0.500 e. The van der Waals surface area contributed by atoms with Gasteiger partial charge in [0.15, 0.2) is 0 Å². The number of aliphatic hydroxyl groups excluding tert-OH is 1.